The van der Waals surface area contributed by atoms with Crippen LogP contribution in [0.5, 0.6) is 5.75 Å². The van der Waals surface area contributed by atoms with Gasteiger partial charge in [0.05, 0.1) is 6.61 Å². The van der Waals surface area contributed by atoms with Crippen LogP contribution >= 0.6 is 0 Å². The number of aromatic nitrogens is 2. The monoisotopic (exact) mass is 273 g/mol. The van der Waals surface area contributed by atoms with Crippen molar-refractivity contribution in [1.82, 2.24) is 15.3 Å². The summed E-state index contributed by atoms with van der Waals surface area (Å²) in [7, 11) is 0. The zero-order valence-electron chi connectivity index (χ0n) is 12.2. The largest absolute Gasteiger partial charge is 0.494 e. The molecule has 0 spiro atoms. The van der Waals surface area contributed by atoms with E-state index in [-0.39, 0.29) is 6.04 Å². The second-order valence-corrected chi connectivity index (χ2v) is 4.75. The molecule has 0 aliphatic carbocycles. The first-order valence-electron chi connectivity index (χ1n) is 7.27. The molecule has 0 saturated carbocycles. The fraction of sp³-hybridized carbons (Fsp3) is 0.438. The number of hydrogen-bond donors (Lipinski definition) is 2. The number of rotatable bonds is 8. The molecule has 4 heteroatoms. The van der Waals surface area contributed by atoms with Gasteiger partial charge in [-0.3, -0.25) is 0 Å². The van der Waals surface area contributed by atoms with Crippen molar-refractivity contribution >= 4 is 0 Å². The lowest BCUT2D eigenvalue weighted by Crippen LogP contribution is -2.24. The summed E-state index contributed by atoms with van der Waals surface area (Å²) in [4.78, 5) is 7.49. The van der Waals surface area contributed by atoms with Crippen molar-refractivity contribution in [2.75, 3.05) is 13.2 Å². The molecule has 20 heavy (non-hydrogen) atoms. The minimum Gasteiger partial charge on any atom is -0.494 e. The molecule has 2 N–H and O–H groups in total. The maximum Gasteiger partial charge on any atom is 0.119 e. The molecule has 0 fully saturated rings. The topological polar surface area (TPSA) is 49.9 Å². The molecule has 0 bridgehead atoms. The Labute approximate surface area is 120 Å². The van der Waals surface area contributed by atoms with Crippen molar-refractivity contribution in [1.29, 1.82) is 0 Å². The summed E-state index contributed by atoms with van der Waals surface area (Å²) in [6.45, 7) is 5.87. The second-order valence-electron chi connectivity index (χ2n) is 4.75. The smallest absolute Gasteiger partial charge is 0.119 e. The Bertz CT molecular complexity index is 479. The quantitative estimate of drug-likeness (QED) is 0.777. The SMILES string of the molecule is CCCNC(Cc1ncc[nH]1)c1ccc(OCC)cc1. The normalized spacial score (nSPS) is 12.3. The molecule has 2 rings (SSSR count). The van der Waals surface area contributed by atoms with Crippen LogP contribution in [-0.4, -0.2) is 23.1 Å². The van der Waals surface area contributed by atoms with E-state index in [9.17, 15) is 0 Å². The van der Waals surface area contributed by atoms with Crippen LogP contribution in [0.25, 0.3) is 0 Å². The standard InChI is InChI=1S/C16H23N3O/c1-3-9-17-15(12-16-18-10-11-19-16)13-5-7-14(8-6-13)20-4-2/h5-8,10-11,15,17H,3-4,9,12H2,1-2H3,(H,18,19). The van der Waals surface area contributed by atoms with Crippen LogP contribution < -0.4 is 10.1 Å². The van der Waals surface area contributed by atoms with Crippen molar-refractivity contribution in [2.24, 2.45) is 0 Å². The number of benzene rings is 1. The third-order valence-corrected chi connectivity index (χ3v) is 3.19. The molecular weight excluding hydrogens is 250 g/mol. The maximum atomic E-state index is 5.49. The molecule has 0 aliphatic rings. The van der Waals surface area contributed by atoms with Crippen LogP contribution in [0.3, 0.4) is 0 Å². The molecule has 1 heterocycles. The molecule has 108 valence electrons. The summed E-state index contributed by atoms with van der Waals surface area (Å²) in [6.07, 6.45) is 5.64. The highest BCUT2D eigenvalue weighted by atomic mass is 16.5. The maximum absolute atomic E-state index is 5.49. The Morgan fingerprint density at radius 3 is 2.65 bits per heavy atom. The Balaban J connectivity index is 2.08. The first-order valence-corrected chi connectivity index (χ1v) is 7.27. The van der Waals surface area contributed by atoms with Gasteiger partial charge >= 0.3 is 0 Å². The van der Waals surface area contributed by atoms with Crippen LogP contribution in [0, 0.1) is 0 Å². The highest BCUT2D eigenvalue weighted by Crippen LogP contribution is 2.20. The molecule has 4 nitrogen and oxygen atoms in total. The number of ether oxygens (including phenoxy) is 1. The van der Waals surface area contributed by atoms with Gasteiger partial charge in [-0.15, -0.1) is 0 Å². The van der Waals surface area contributed by atoms with Crippen molar-refractivity contribution in [2.45, 2.75) is 32.7 Å². The molecular formula is C16H23N3O. The van der Waals surface area contributed by atoms with Crippen molar-refractivity contribution < 1.29 is 4.74 Å². The first kappa shape index (κ1) is 14.6. The lowest BCUT2D eigenvalue weighted by Gasteiger charge is -2.18. The third-order valence-electron chi connectivity index (χ3n) is 3.19. The predicted molar refractivity (Wildman–Crippen MR) is 80.9 cm³/mol. The number of nitrogens with zero attached hydrogens (tertiary/aromatic N) is 1. The predicted octanol–water partition coefficient (Wildman–Crippen LogP) is 3.09. The minimum atomic E-state index is 0.275. The van der Waals surface area contributed by atoms with Crippen LogP contribution in [0.4, 0.5) is 0 Å². The molecule has 1 unspecified atom stereocenters. The summed E-state index contributed by atoms with van der Waals surface area (Å²) >= 11 is 0. The molecule has 0 amide bonds. The molecule has 1 atom stereocenters. The van der Waals surface area contributed by atoms with Crippen LogP contribution in [-0.2, 0) is 6.42 Å². The van der Waals surface area contributed by atoms with Crippen LogP contribution in [0.2, 0.25) is 0 Å². The summed E-state index contributed by atoms with van der Waals surface area (Å²) in [5.41, 5.74) is 1.26. The van der Waals surface area contributed by atoms with E-state index >= 15 is 0 Å². The van der Waals surface area contributed by atoms with Gasteiger partial charge in [0, 0.05) is 24.9 Å². The van der Waals surface area contributed by atoms with E-state index in [1.54, 1.807) is 6.20 Å². The van der Waals surface area contributed by atoms with Gasteiger partial charge in [-0.2, -0.15) is 0 Å². The highest BCUT2D eigenvalue weighted by molar-refractivity contribution is 5.29. The van der Waals surface area contributed by atoms with Gasteiger partial charge in [0.2, 0.25) is 0 Å². The second kappa shape index (κ2) is 7.70. The van der Waals surface area contributed by atoms with E-state index < -0.39 is 0 Å². The van der Waals surface area contributed by atoms with Crippen molar-refractivity contribution in [3.8, 4) is 5.75 Å². The Morgan fingerprint density at radius 2 is 2.05 bits per heavy atom. The summed E-state index contributed by atoms with van der Waals surface area (Å²) in [5.74, 6) is 1.93. The number of imidazole rings is 1. The molecule has 0 saturated heterocycles. The van der Waals surface area contributed by atoms with Gasteiger partial charge in [-0.1, -0.05) is 19.1 Å². The lowest BCUT2D eigenvalue weighted by molar-refractivity contribution is 0.340. The van der Waals surface area contributed by atoms with Crippen molar-refractivity contribution in [3.63, 3.8) is 0 Å². The number of aromatic amines is 1. The fourth-order valence-electron chi connectivity index (χ4n) is 2.19. The first-order chi connectivity index (χ1) is 9.83. The van der Waals surface area contributed by atoms with Crippen LogP contribution in [0.1, 0.15) is 37.7 Å². The minimum absolute atomic E-state index is 0.275. The molecule has 1 aromatic heterocycles. The third kappa shape index (κ3) is 4.10. The van der Waals surface area contributed by atoms with E-state index in [4.69, 9.17) is 4.74 Å². The molecule has 0 radical (unpaired) electrons. The molecule has 1 aromatic carbocycles. The van der Waals surface area contributed by atoms with E-state index in [0.717, 1.165) is 31.0 Å². The van der Waals surface area contributed by atoms with E-state index in [2.05, 4.69) is 34.3 Å². The zero-order chi connectivity index (χ0) is 14.2. The Kier molecular flexibility index (Phi) is 5.62. The van der Waals surface area contributed by atoms with Gasteiger partial charge in [0.25, 0.3) is 0 Å². The van der Waals surface area contributed by atoms with E-state index in [1.165, 1.54) is 5.56 Å². The zero-order valence-corrected chi connectivity index (χ0v) is 12.2. The van der Waals surface area contributed by atoms with Gasteiger partial charge in [0.15, 0.2) is 0 Å². The summed E-state index contributed by atoms with van der Waals surface area (Å²) in [6, 6.07) is 8.59. The van der Waals surface area contributed by atoms with Crippen LogP contribution in [0.15, 0.2) is 36.7 Å². The molecule has 2 aromatic rings. The summed E-state index contributed by atoms with van der Waals surface area (Å²) in [5, 5.41) is 3.57. The van der Waals surface area contributed by atoms with Gasteiger partial charge in [-0.05, 0) is 37.6 Å². The van der Waals surface area contributed by atoms with E-state index in [0.29, 0.717) is 6.61 Å². The van der Waals surface area contributed by atoms with Gasteiger partial charge < -0.3 is 15.0 Å². The van der Waals surface area contributed by atoms with Gasteiger partial charge in [-0.25, -0.2) is 4.98 Å². The average Bonchev–Trinajstić information content (AvgIpc) is 2.98. The number of H-pyrrole nitrogens is 1. The molecule has 0 aliphatic heterocycles. The van der Waals surface area contributed by atoms with Gasteiger partial charge in [0.1, 0.15) is 11.6 Å². The fourth-order valence-corrected chi connectivity index (χ4v) is 2.19. The average molecular weight is 273 g/mol. The lowest BCUT2D eigenvalue weighted by atomic mass is 10.0. The Morgan fingerprint density at radius 1 is 1.25 bits per heavy atom. The highest BCUT2D eigenvalue weighted by Gasteiger charge is 2.12. The number of hydrogen-bond acceptors (Lipinski definition) is 3. The Hall–Kier alpha value is -1.81. The van der Waals surface area contributed by atoms with Crippen molar-refractivity contribution in [3.05, 3.63) is 48.0 Å². The number of nitrogens with one attached hydrogen (secondary N) is 2. The van der Waals surface area contributed by atoms with E-state index in [1.807, 2.05) is 25.3 Å². The summed E-state index contributed by atoms with van der Waals surface area (Å²) < 4.78 is 5.49.